The van der Waals surface area contributed by atoms with Crippen LogP contribution in [0.5, 0.6) is 0 Å². The van der Waals surface area contributed by atoms with Gasteiger partial charge in [-0.2, -0.15) is 5.26 Å². The largest absolute Gasteiger partial charge is 0.313 e. The highest BCUT2D eigenvalue weighted by Crippen LogP contribution is 2.05. The van der Waals surface area contributed by atoms with E-state index in [2.05, 4.69) is 23.2 Å². The first kappa shape index (κ1) is 10.5. The molecule has 0 aromatic heterocycles. The Labute approximate surface area is 80.7 Å². The Morgan fingerprint density at radius 2 is 2.38 bits per heavy atom. The predicted octanol–water partition coefficient (Wildman–Crippen LogP) is 0.974. The van der Waals surface area contributed by atoms with Gasteiger partial charge < -0.3 is 5.32 Å². The molecule has 13 heavy (non-hydrogen) atoms. The van der Waals surface area contributed by atoms with Gasteiger partial charge in [-0.1, -0.05) is 19.8 Å². The summed E-state index contributed by atoms with van der Waals surface area (Å²) in [5, 5.41) is 12.1. The number of rotatable bonds is 4. The maximum atomic E-state index is 8.89. The van der Waals surface area contributed by atoms with Crippen molar-refractivity contribution in [3.63, 3.8) is 0 Å². The minimum atomic E-state index is 0.102. The molecule has 74 valence electrons. The normalized spacial score (nSPS) is 24.2. The molecule has 1 aliphatic rings. The molecule has 1 atom stereocenters. The van der Waals surface area contributed by atoms with Crippen LogP contribution < -0.4 is 5.32 Å². The Morgan fingerprint density at radius 1 is 1.54 bits per heavy atom. The third kappa shape index (κ3) is 3.33. The van der Waals surface area contributed by atoms with Crippen molar-refractivity contribution in [3.05, 3.63) is 0 Å². The van der Waals surface area contributed by atoms with Crippen molar-refractivity contribution in [1.29, 1.82) is 5.26 Å². The lowest BCUT2D eigenvalue weighted by Crippen LogP contribution is -2.50. The van der Waals surface area contributed by atoms with E-state index in [0.717, 1.165) is 26.2 Å². The summed E-state index contributed by atoms with van der Waals surface area (Å²) in [6.45, 7) is 6.20. The smallest absolute Gasteiger partial charge is 0.110 e. The highest BCUT2D eigenvalue weighted by Gasteiger charge is 2.20. The van der Waals surface area contributed by atoms with Gasteiger partial charge in [0.05, 0.1) is 6.07 Å². The number of unbranched alkanes of at least 4 members (excludes halogenated alkanes) is 2. The highest BCUT2D eigenvalue weighted by molar-refractivity contribution is 4.95. The van der Waals surface area contributed by atoms with Crippen molar-refractivity contribution in [2.45, 2.75) is 32.2 Å². The third-order valence-corrected chi connectivity index (χ3v) is 2.55. The molecule has 1 heterocycles. The number of nitrogens with one attached hydrogen (secondary N) is 1. The van der Waals surface area contributed by atoms with Crippen LogP contribution in [0.25, 0.3) is 0 Å². The molecule has 1 fully saturated rings. The second-order valence-electron chi connectivity index (χ2n) is 3.59. The Kier molecular flexibility index (Phi) is 4.81. The van der Waals surface area contributed by atoms with E-state index in [9.17, 15) is 0 Å². The summed E-state index contributed by atoms with van der Waals surface area (Å²) in [5.41, 5.74) is 0. The molecule has 1 unspecified atom stereocenters. The number of hydrogen-bond acceptors (Lipinski definition) is 3. The van der Waals surface area contributed by atoms with Gasteiger partial charge in [0.25, 0.3) is 0 Å². The summed E-state index contributed by atoms with van der Waals surface area (Å²) in [7, 11) is 0. The fourth-order valence-corrected chi connectivity index (χ4v) is 1.71. The topological polar surface area (TPSA) is 39.1 Å². The molecule has 1 saturated heterocycles. The van der Waals surface area contributed by atoms with Gasteiger partial charge in [-0.05, 0) is 13.0 Å². The molecule has 1 aliphatic heterocycles. The van der Waals surface area contributed by atoms with E-state index in [1.807, 2.05) is 0 Å². The second-order valence-corrected chi connectivity index (χ2v) is 3.59. The minimum absolute atomic E-state index is 0.102. The summed E-state index contributed by atoms with van der Waals surface area (Å²) < 4.78 is 0. The van der Waals surface area contributed by atoms with Crippen molar-refractivity contribution >= 4 is 0 Å². The van der Waals surface area contributed by atoms with Gasteiger partial charge >= 0.3 is 0 Å². The van der Waals surface area contributed by atoms with Crippen LogP contribution in [-0.2, 0) is 0 Å². The molecule has 0 aromatic carbocycles. The zero-order valence-electron chi connectivity index (χ0n) is 8.42. The molecule has 0 radical (unpaired) electrons. The average molecular weight is 181 g/mol. The van der Waals surface area contributed by atoms with Gasteiger partial charge in [0.15, 0.2) is 0 Å². The maximum Gasteiger partial charge on any atom is 0.110 e. The predicted molar refractivity (Wildman–Crippen MR) is 53.4 cm³/mol. The molecule has 1 rings (SSSR count). The van der Waals surface area contributed by atoms with E-state index in [-0.39, 0.29) is 6.04 Å². The lowest BCUT2D eigenvalue weighted by molar-refractivity contribution is 0.194. The fraction of sp³-hybridized carbons (Fsp3) is 0.900. The van der Waals surface area contributed by atoms with Gasteiger partial charge in [-0.15, -0.1) is 0 Å². The molecule has 3 nitrogen and oxygen atoms in total. The Morgan fingerprint density at radius 3 is 3.08 bits per heavy atom. The molecule has 0 aromatic rings. The van der Waals surface area contributed by atoms with Crippen LogP contribution in [0.1, 0.15) is 26.2 Å². The van der Waals surface area contributed by atoms with Crippen molar-refractivity contribution in [3.8, 4) is 6.07 Å². The molecule has 0 amide bonds. The van der Waals surface area contributed by atoms with Crippen LogP contribution in [0.4, 0.5) is 0 Å². The molecule has 1 N–H and O–H groups in total. The first-order chi connectivity index (χ1) is 6.38. The Bertz CT molecular complexity index is 173. The van der Waals surface area contributed by atoms with E-state index in [1.165, 1.54) is 19.3 Å². The SMILES string of the molecule is CCCCCN1CCNCC1C#N. The molecule has 0 bridgehead atoms. The zero-order valence-corrected chi connectivity index (χ0v) is 8.42. The lowest BCUT2D eigenvalue weighted by atomic mass is 10.2. The summed E-state index contributed by atoms with van der Waals surface area (Å²) in [4.78, 5) is 2.30. The monoisotopic (exact) mass is 181 g/mol. The van der Waals surface area contributed by atoms with E-state index in [1.54, 1.807) is 0 Å². The van der Waals surface area contributed by atoms with Crippen LogP contribution in [0.3, 0.4) is 0 Å². The van der Waals surface area contributed by atoms with E-state index in [4.69, 9.17) is 5.26 Å². The lowest BCUT2D eigenvalue weighted by Gasteiger charge is -2.31. The van der Waals surface area contributed by atoms with Gasteiger partial charge in [0.2, 0.25) is 0 Å². The average Bonchev–Trinajstić information content (AvgIpc) is 2.19. The Hall–Kier alpha value is -0.590. The van der Waals surface area contributed by atoms with Gasteiger partial charge in [0, 0.05) is 19.6 Å². The molecular formula is C10H19N3. The third-order valence-electron chi connectivity index (χ3n) is 2.55. The number of piperazine rings is 1. The van der Waals surface area contributed by atoms with E-state index < -0.39 is 0 Å². The standard InChI is InChI=1S/C10H19N3/c1-2-3-4-6-13-7-5-12-9-10(13)8-11/h10,12H,2-7,9H2,1H3. The van der Waals surface area contributed by atoms with Gasteiger partial charge in [-0.3, -0.25) is 4.90 Å². The zero-order chi connectivity index (χ0) is 9.52. The van der Waals surface area contributed by atoms with Crippen LogP contribution in [-0.4, -0.2) is 37.1 Å². The van der Waals surface area contributed by atoms with Gasteiger partial charge in [0.1, 0.15) is 6.04 Å². The van der Waals surface area contributed by atoms with Crippen molar-refractivity contribution in [2.75, 3.05) is 26.2 Å². The Balaban J connectivity index is 2.24. The van der Waals surface area contributed by atoms with Gasteiger partial charge in [-0.25, -0.2) is 0 Å². The molecule has 0 aliphatic carbocycles. The first-order valence-corrected chi connectivity index (χ1v) is 5.23. The fourth-order valence-electron chi connectivity index (χ4n) is 1.71. The summed E-state index contributed by atoms with van der Waals surface area (Å²) in [6.07, 6.45) is 3.76. The maximum absolute atomic E-state index is 8.89. The van der Waals surface area contributed by atoms with Crippen molar-refractivity contribution < 1.29 is 0 Å². The second kappa shape index (κ2) is 5.95. The number of hydrogen-bond donors (Lipinski definition) is 1. The molecule has 0 saturated carbocycles. The minimum Gasteiger partial charge on any atom is -0.313 e. The van der Waals surface area contributed by atoms with Crippen LogP contribution in [0.15, 0.2) is 0 Å². The van der Waals surface area contributed by atoms with Crippen LogP contribution >= 0.6 is 0 Å². The number of nitriles is 1. The number of nitrogens with zero attached hydrogens (tertiary/aromatic N) is 2. The first-order valence-electron chi connectivity index (χ1n) is 5.23. The van der Waals surface area contributed by atoms with Crippen LogP contribution in [0.2, 0.25) is 0 Å². The summed E-state index contributed by atoms with van der Waals surface area (Å²) in [5.74, 6) is 0. The molecule has 3 heteroatoms. The van der Waals surface area contributed by atoms with Crippen molar-refractivity contribution in [1.82, 2.24) is 10.2 Å². The molecular weight excluding hydrogens is 162 g/mol. The van der Waals surface area contributed by atoms with Crippen LogP contribution in [0, 0.1) is 11.3 Å². The van der Waals surface area contributed by atoms with E-state index >= 15 is 0 Å². The van der Waals surface area contributed by atoms with Crippen molar-refractivity contribution in [2.24, 2.45) is 0 Å². The summed E-state index contributed by atoms with van der Waals surface area (Å²) in [6, 6.07) is 2.45. The highest BCUT2D eigenvalue weighted by atomic mass is 15.2. The van der Waals surface area contributed by atoms with E-state index in [0.29, 0.717) is 0 Å². The summed E-state index contributed by atoms with van der Waals surface area (Å²) >= 11 is 0. The molecule has 0 spiro atoms. The quantitative estimate of drug-likeness (QED) is 0.657.